The molecule has 1 aromatic carbocycles. The topological polar surface area (TPSA) is 76.8 Å². The zero-order valence-corrected chi connectivity index (χ0v) is 19.9. The summed E-state index contributed by atoms with van der Waals surface area (Å²) in [4.78, 5) is 8.87. The molecule has 0 aromatic heterocycles. The summed E-state index contributed by atoms with van der Waals surface area (Å²) in [6.07, 6.45) is 9.65. The maximum absolute atomic E-state index is 8.87. The van der Waals surface area contributed by atoms with Gasteiger partial charge >= 0.3 is 53.7 Å². The number of carbonyl (C=O) groups excluding carboxylic acids is 1. The number of rotatable bonds is 2. The first kappa shape index (κ1) is 40.3. The summed E-state index contributed by atoms with van der Waals surface area (Å²) < 4.78 is 22.5. The Hall–Kier alpha value is -0.460. The number of hydrogen-bond acceptors (Lipinski definition) is 1. The Morgan fingerprint density at radius 2 is 1.19 bits per heavy atom. The van der Waals surface area contributed by atoms with Crippen LogP contribution >= 0.6 is 7.92 Å². The van der Waals surface area contributed by atoms with Crippen molar-refractivity contribution in [1.82, 2.24) is 0 Å². The van der Waals surface area contributed by atoms with Crippen LogP contribution in [0.5, 0.6) is 0 Å². The van der Waals surface area contributed by atoms with E-state index in [1.165, 1.54) is 43.7 Å². The molecule has 2 rings (SSSR count). The van der Waals surface area contributed by atoms with Gasteiger partial charge in [0.2, 0.25) is 0 Å². The van der Waals surface area contributed by atoms with Gasteiger partial charge in [-0.25, -0.2) is 0 Å². The first-order valence-corrected chi connectivity index (χ1v) is 9.20. The zero-order valence-electron chi connectivity index (χ0n) is 14.8. The Bertz CT molecular complexity index is 402. The van der Waals surface area contributed by atoms with E-state index in [1.807, 2.05) is 0 Å². The molecule has 1 aliphatic carbocycles. The van der Waals surface area contributed by atoms with E-state index >= 15 is 0 Å². The summed E-state index contributed by atoms with van der Waals surface area (Å²) in [5, 5.41) is 1.48. The number of benzene rings is 1. The smallest absolute Gasteiger partial charge is 0.547 e. The van der Waals surface area contributed by atoms with Crippen molar-refractivity contribution < 1.29 is 58.0 Å². The Kier molecular flexibility index (Phi) is 68.5. The van der Waals surface area contributed by atoms with Crippen molar-refractivity contribution in [3.63, 3.8) is 0 Å². The van der Waals surface area contributed by atoms with Gasteiger partial charge < -0.3 is 17.4 Å². The molecule has 1 saturated carbocycles. The molecule has 1 fully saturated rings. The predicted octanol–water partition coefficient (Wildman–Crippen LogP) is 3.97. The van der Waals surface area contributed by atoms with Gasteiger partial charge in [0.05, 0.1) is 0 Å². The summed E-state index contributed by atoms with van der Waals surface area (Å²) in [5.41, 5.74) is 0. The Morgan fingerprint density at radius 3 is 1.35 bits per heavy atom. The summed E-state index contributed by atoms with van der Waals surface area (Å²) in [6.45, 7) is 22.5. The molecule has 0 aliphatic heterocycles. The number of hydrogen-bond donors (Lipinski definition) is 0. The Balaban J connectivity index is -0.0000000514. The summed E-state index contributed by atoms with van der Waals surface area (Å²) >= 11 is 0. The first-order chi connectivity index (χ1) is 11.7. The van der Waals surface area contributed by atoms with Crippen molar-refractivity contribution in [2.75, 3.05) is 13.3 Å². The second-order valence-corrected chi connectivity index (χ2v) is 6.59. The molecule has 0 amide bonds. The molecule has 1 aromatic rings. The van der Waals surface area contributed by atoms with E-state index in [2.05, 4.69) is 70.2 Å². The summed E-state index contributed by atoms with van der Waals surface area (Å²) in [7, 11) is 0.104. The summed E-state index contributed by atoms with van der Waals surface area (Å²) in [5.74, 6) is 0. The molecule has 26 heavy (non-hydrogen) atoms. The second kappa shape index (κ2) is 44.2. The van der Waals surface area contributed by atoms with Gasteiger partial charge in [-0.2, -0.15) is 0 Å². The fraction of sp³-hybridized carbons (Fsp3) is 0.368. The molecule has 0 spiro atoms. The van der Waals surface area contributed by atoms with Crippen LogP contribution in [0.3, 0.4) is 0 Å². The predicted molar refractivity (Wildman–Crippen MR) is 94.3 cm³/mol. The van der Waals surface area contributed by atoms with Crippen molar-refractivity contribution in [3.8, 4) is 0 Å². The average Bonchev–Trinajstić information content (AvgIpc) is 3.27. The van der Waals surface area contributed by atoms with E-state index in [1.54, 1.807) is 0 Å². The van der Waals surface area contributed by atoms with Crippen molar-refractivity contribution in [2.24, 2.45) is 0 Å². The monoisotopic (exact) mass is 641 g/mol. The fourth-order valence-corrected chi connectivity index (χ4v) is 2.38. The Morgan fingerprint density at radius 1 is 0.923 bits per heavy atom. The van der Waals surface area contributed by atoms with Crippen LogP contribution < -0.4 is 5.30 Å². The van der Waals surface area contributed by atoms with Crippen LogP contribution in [0.4, 0.5) is 0 Å². The molecule has 0 atom stereocenters. The van der Waals surface area contributed by atoms with Gasteiger partial charge in [0, 0.05) is 19.5 Å². The first-order valence-electron chi connectivity index (χ1n) is 6.97. The third-order valence-electron chi connectivity index (χ3n) is 2.59. The minimum absolute atomic E-state index is 0. The maximum Gasteiger partial charge on any atom is 1.00 e. The molecule has 0 N–H and O–H groups in total. The van der Waals surface area contributed by atoms with E-state index < -0.39 is 0 Å². The summed E-state index contributed by atoms with van der Waals surface area (Å²) in [6, 6.07) is 10.6. The van der Waals surface area contributed by atoms with Gasteiger partial charge in [-0.3, -0.25) is 6.29 Å². The van der Waals surface area contributed by atoms with E-state index in [-0.39, 0.29) is 47.2 Å². The van der Waals surface area contributed by atoms with Crippen LogP contribution in [-0.4, -0.2) is 19.6 Å². The van der Waals surface area contributed by atoms with Gasteiger partial charge in [0.1, 0.15) is 0 Å². The van der Waals surface area contributed by atoms with Crippen LogP contribution in [-0.2, 0) is 58.0 Å². The minimum Gasteiger partial charge on any atom is -0.547 e. The molecule has 146 valence electrons. The van der Waals surface area contributed by atoms with Gasteiger partial charge in [0.15, 0.2) is 0 Å². The largest absolute Gasteiger partial charge is 1.00 e. The fourth-order valence-electron chi connectivity index (χ4n) is 1.61. The molecule has 0 bridgehead atoms. The van der Waals surface area contributed by atoms with Crippen LogP contribution in [0.25, 0.3) is 0 Å². The third-order valence-corrected chi connectivity index (χ3v) is 3.92. The standard InChI is InChI=1S/C8H11P.C5H10.C3H2O.3CO.Os.Rh/c1-9(2)8-6-4-3-5-7-8;1-2-4-5-3-1;1-2-3-4;3*1-2;;/h3-7H,1-2H3;1-5H2;1-2H;;;;;/q;;-2;;;;+1;. The molecule has 0 unspecified atom stereocenters. The van der Waals surface area contributed by atoms with Crippen LogP contribution in [0.15, 0.2) is 36.4 Å². The Labute approximate surface area is 185 Å². The molecule has 0 saturated heterocycles. The van der Waals surface area contributed by atoms with Gasteiger partial charge in [-0.1, -0.05) is 70.4 Å². The van der Waals surface area contributed by atoms with Crippen LogP contribution in [0, 0.1) is 26.5 Å². The van der Waals surface area contributed by atoms with Crippen molar-refractivity contribution in [3.05, 3.63) is 62.9 Å². The maximum atomic E-state index is 8.87. The van der Waals surface area contributed by atoms with Crippen molar-refractivity contribution in [2.45, 2.75) is 32.1 Å². The molecular formula is C19H23O4OsPRh-. The third kappa shape index (κ3) is 38.9. The van der Waals surface area contributed by atoms with Crippen LogP contribution in [0.2, 0.25) is 0 Å². The average molecular weight is 639 g/mol. The molecular weight excluding hydrogens is 616 g/mol. The molecule has 7 heteroatoms. The van der Waals surface area contributed by atoms with Crippen molar-refractivity contribution >= 4 is 19.5 Å². The van der Waals surface area contributed by atoms with E-state index in [0.29, 0.717) is 0 Å². The van der Waals surface area contributed by atoms with E-state index in [0.717, 1.165) is 6.08 Å². The minimum atomic E-state index is 0. The number of allylic oxidation sites excluding steroid dienone is 1. The van der Waals surface area contributed by atoms with E-state index in [4.69, 9.17) is 18.8 Å². The molecule has 0 heterocycles. The van der Waals surface area contributed by atoms with Gasteiger partial charge in [0.25, 0.3) is 0 Å². The second-order valence-electron chi connectivity index (χ2n) is 4.28. The SMILES string of the molecule is C1CCCC1.CP(C)c1ccccc1.[C-]#[O+].[C-]#[O+].[C-]#[O+].[CH-]=C[C-]=O.[Os+].[Rh]. The van der Waals surface area contributed by atoms with E-state index in [9.17, 15) is 0 Å². The van der Waals surface area contributed by atoms with Gasteiger partial charge in [-0.15, -0.1) is 0 Å². The van der Waals surface area contributed by atoms with Crippen molar-refractivity contribution in [1.29, 1.82) is 0 Å². The van der Waals surface area contributed by atoms with Crippen LogP contribution in [0.1, 0.15) is 32.1 Å². The quantitative estimate of drug-likeness (QED) is 0.159. The zero-order chi connectivity index (χ0) is 19.6. The molecule has 2 radical (unpaired) electrons. The van der Waals surface area contributed by atoms with Gasteiger partial charge in [-0.05, 0) is 18.6 Å². The normalized spacial score (nSPS) is 9.12. The molecule has 1 aliphatic rings. The molecule has 4 nitrogen and oxygen atoms in total.